The number of hydrogen-bond acceptors (Lipinski definition) is 5. The van der Waals surface area contributed by atoms with Crippen molar-refractivity contribution >= 4 is 23.1 Å². The fourth-order valence-corrected chi connectivity index (χ4v) is 4.45. The third-order valence-electron chi connectivity index (χ3n) is 3.70. The lowest BCUT2D eigenvalue weighted by molar-refractivity contribution is 0.464. The summed E-state index contributed by atoms with van der Waals surface area (Å²) in [5, 5.41) is 11.5. The van der Waals surface area contributed by atoms with Crippen molar-refractivity contribution in [2.45, 2.75) is 29.7 Å². The molecule has 0 bridgehead atoms. The Morgan fingerprint density at radius 1 is 1.14 bits per heavy atom. The summed E-state index contributed by atoms with van der Waals surface area (Å²) in [6, 6.07) is 12.7. The average molecular weight is 314 g/mol. The van der Waals surface area contributed by atoms with Gasteiger partial charge >= 0.3 is 0 Å². The van der Waals surface area contributed by atoms with Crippen LogP contribution in [0.25, 0.3) is 10.8 Å². The Morgan fingerprint density at radius 3 is 3.00 bits per heavy atom. The first kappa shape index (κ1) is 13.1. The van der Waals surface area contributed by atoms with Crippen LogP contribution in [0.2, 0.25) is 0 Å². The highest BCUT2D eigenvalue weighted by molar-refractivity contribution is 7.99. The lowest BCUT2D eigenvalue weighted by Gasteiger charge is -2.23. The predicted molar refractivity (Wildman–Crippen MR) is 85.6 cm³/mol. The molecule has 0 spiro atoms. The number of fused-ring (bicyclic) bond motifs is 1. The molecule has 0 amide bonds. The van der Waals surface area contributed by atoms with Crippen molar-refractivity contribution in [2.24, 2.45) is 0 Å². The lowest BCUT2D eigenvalue weighted by atomic mass is 9.91. The predicted octanol–water partition coefficient (Wildman–Crippen LogP) is 4.97. The van der Waals surface area contributed by atoms with Gasteiger partial charge in [0.15, 0.2) is 0 Å². The molecule has 5 heteroatoms. The summed E-state index contributed by atoms with van der Waals surface area (Å²) in [4.78, 5) is 1.03. The maximum Gasteiger partial charge on any atom is 0.277 e. The van der Waals surface area contributed by atoms with E-state index in [1.54, 1.807) is 23.1 Å². The molecule has 106 valence electrons. The molecule has 0 saturated carbocycles. The van der Waals surface area contributed by atoms with E-state index in [0.717, 1.165) is 4.88 Å². The molecular formula is C16H14N2OS2. The van der Waals surface area contributed by atoms with Crippen LogP contribution < -0.4 is 0 Å². The first-order valence-corrected chi connectivity index (χ1v) is 8.78. The largest absolute Gasteiger partial charge is 0.410 e. The molecule has 3 nitrogen and oxygen atoms in total. The van der Waals surface area contributed by atoms with Crippen LogP contribution in [0.5, 0.6) is 0 Å². The lowest BCUT2D eigenvalue weighted by Crippen LogP contribution is -2.06. The van der Waals surface area contributed by atoms with Crippen LogP contribution in [-0.2, 0) is 6.42 Å². The van der Waals surface area contributed by atoms with Gasteiger partial charge in [-0.05, 0) is 41.8 Å². The highest BCUT2D eigenvalue weighted by Crippen LogP contribution is 2.43. The zero-order valence-corrected chi connectivity index (χ0v) is 13.0. The summed E-state index contributed by atoms with van der Waals surface area (Å²) in [5.41, 5.74) is 2.88. The fraction of sp³-hybridized carbons (Fsp3) is 0.250. The normalized spacial score (nSPS) is 17.6. The quantitative estimate of drug-likeness (QED) is 0.684. The molecule has 1 aromatic carbocycles. The van der Waals surface area contributed by atoms with Crippen molar-refractivity contribution in [3.8, 4) is 10.8 Å². The van der Waals surface area contributed by atoms with Crippen LogP contribution in [0.3, 0.4) is 0 Å². The fourth-order valence-electron chi connectivity index (χ4n) is 2.71. The summed E-state index contributed by atoms with van der Waals surface area (Å²) >= 11 is 3.31. The molecule has 2 heterocycles. The summed E-state index contributed by atoms with van der Waals surface area (Å²) in [6.07, 6.45) is 3.57. The van der Waals surface area contributed by atoms with Crippen molar-refractivity contribution in [3.63, 3.8) is 0 Å². The van der Waals surface area contributed by atoms with Crippen LogP contribution >= 0.6 is 23.1 Å². The van der Waals surface area contributed by atoms with Gasteiger partial charge in [0.25, 0.3) is 11.1 Å². The van der Waals surface area contributed by atoms with E-state index >= 15 is 0 Å². The van der Waals surface area contributed by atoms with Crippen LogP contribution in [-0.4, -0.2) is 10.2 Å². The van der Waals surface area contributed by atoms with E-state index in [2.05, 4.69) is 34.5 Å². The number of aromatic nitrogens is 2. The molecule has 1 aliphatic carbocycles. The smallest absolute Gasteiger partial charge is 0.277 e. The zero-order chi connectivity index (χ0) is 14.1. The van der Waals surface area contributed by atoms with E-state index in [9.17, 15) is 0 Å². The SMILES string of the molecule is c1csc(-c2nnc(SC3CCCc4ccccc43)o2)c1. The summed E-state index contributed by atoms with van der Waals surface area (Å²) < 4.78 is 5.80. The van der Waals surface area contributed by atoms with E-state index in [1.807, 2.05) is 17.5 Å². The minimum atomic E-state index is 0.423. The minimum Gasteiger partial charge on any atom is -0.410 e. The Balaban J connectivity index is 1.57. The van der Waals surface area contributed by atoms with Crippen molar-refractivity contribution in [1.82, 2.24) is 10.2 Å². The Morgan fingerprint density at radius 2 is 2.10 bits per heavy atom. The minimum absolute atomic E-state index is 0.423. The van der Waals surface area contributed by atoms with E-state index in [1.165, 1.54) is 30.4 Å². The maximum absolute atomic E-state index is 5.80. The molecule has 0 radical (unpaired) electrons. The van der Waals surface area contributed by atoms with E-state index in [4.69, 9.17) is 4.42 Å². The standard InChI is InChI=1S/C16H14N2OS2/c1-2-7-12-11(5-1)6-3-8-13(12)21-16-18-17-15(19-16)14-9-4-10-20-14/h1-2,4-5,7,9-10,13H,3,6,8H2. The third kappa shape index (κ3) is 2.63. The second kappa shape index (κ2) is 5.66. The number of nitrogens with zero attached hydrogens (tertiary/aromatic N) is 2. The molecular weight excluding hydrogens is 300 g/mol. The number of thiophene rings is 1. The van der Waals surface area contributed by atoms with Gasteiger partial charge in [-0.1, -0.05) is 42.1 Å². The second-order valence-electron chi connectivity index (χ2n) is 5.05. The first-order chi connectivity index (χ1) is 10.4. The second-order valence-corrected chi connectivity index (χ2v) is 7.15. The average Bonchev–Trinajstić information content (AvgIpc) is 3.18. The van der Waals surface area contributed by atoms with E-state index < -0.39 is 0 Å². The monoisotopic (exact) mass is 314 g/mol. The van der Waals surface area contributed by atoms with Crippen LogP contribution in [0.15, 0.2) is 51.4 Å². The molecule has 21 heavy (non-hydrogen) atoms. The van der Waals surface area contributed by atoms with Crippen molar-refractivity contribution in [3.05, 3.63) is 52.9 Å². The summed E-state index contributed by atoms with van der Waals surface area (Å²) in [6.45, 7) is 0. The van der Waals surface area contributed by atoms with Gasteiger partial charge in [0.1, 0.15) is 0 Å². The number of hydrogen-bond donors (Lipinski definition) is 0. The Bertz CT molecular complexity index is 736. The van der Waals surface area contributed by atoms with Gasteiger partial charge in [-0.15, -0.1) is 21.5 Å². The van der Waals surface area contributed by atoms with Crippen LogP contribution in [0.1, 0.15) is 29.2 Å². The number of rotatable bonds is 3. The summed E-state index contributed by atoms with van der Waals surface area (Å²) in [5.74, 6) is 0.622. The van der Waals surface area contributed by atoms with Gasteiger partial charge in [-0.3, -0.25) is 0 Å². The maximum atomic E-state index is 5.80. The first-order valence-electron chi connectivity index (χ1n) is 7.02. The van der Waals surface area contributed by atoms with E-state index in [-0.39, 0.29) is 0 Å². The zero-order valence-electron chi connectivity index (χ0n) is 11.4. The van der Waals surface area contributed by atoms with Gasteiger partial charge in [0.2, 0.25) is 0 Å². The van der Waals surface area contributed by atoms with Gasteiger partial charge < -0.3 is 4.42 Å². The third-order valence-corrected chi connectivity index (χ3v) is 5.69. The van der Waals surface area contributed by atoms with Crippen molar-refractivity contribution < 1.29 is 4.42 Å². The topological polar surface area (TPSA) is 38.9 Å². The van der Waals surface area contributed by atoms with Crippen molar-refractivity contribution in [2.75, 3.05) is 0 Å². The molecule has 0 aliphatic heterocycles. The van der Waals surface area contributed by atoms with Crippen LogP contribution in [0.4, 0.5) is 0 Å². The highest BCUT2D eigenvalue weighted by Gasteiger charge is 2.23. The number of thioether (sulfide) groups is 1. The Kier molecular flexibility index (Phi) is 3.53. The summed E-state index contributed by atoms with van der Waals surface area (Å²) in [7, 11) is 0. The molecule has 2 aromatic heterocycles. The van der Waals surface area contributed by atoms with Gasteiger partial charge in [-0.2, -0.15) is 0 Å². The molecule has 0 N–H and O–H groups in total. The highest BCUT2D eigenvalue weighted by atomic mass is 32.2. The Labute approximate surface area is 131 Å². The molecule has 0 fully saturated rings. The van der Waals surface area contributed by atoms with Gasteiger partial charge in [0, 0.05) is 5.25 Å². The van der Waals surface area contributed by atoms with Gasteiger partial charge in [-0.25, -0.2) is 0 Å². The molecule has 0 saturated heterocycles. The molecule has 4 rings (SSSR count). The molecule has 1 atom stereocenters. The van der Waals surface area contributed by atoms with Crippen molar-refractivity contribution in [1.29, 1.82) is 0 Å². The van der Waals surface area contributed by atoms with E-state index in [0.29, 0.717) is 16.4 Å². The molecule has 1 unspecified atom stereocenters. The van der Waals surface area contributed by atoms with Crippen LogP contribution in [0, 0.1) is 0 Å². The number of aryl methyl sites for hydroxylation is 1. The van der Waals surface area contributed by atoms with Gasteiger partial charge in [0.05, 0.1) is 4.88 Å². The molecule has 1 aliphatic rings. The molecule has 3 aromatic rings. The number of benzene rings is 1. The Hall–Kier alpha value is -1.59.